The van der Waals surface area contributed by atoms with Gasteiger partial charge in [0.15, 0.2) is 0 Å². The lowest BCUT2D eigenvalue weighted by Gasteiger charge is -2.23. The molecule has 0 bridgehead atoms. The smallest absolute Gasteiger partial charge is 0.337 e. The van der Waals surface area contributed by atoms with E-state index in [4.69, 9.17) is 4.74 Å². The molecule has 10 heteroatoms. The van der Waals surface area contributed by atoms with Crippen LogP contribution in [-0.4, -0.2) is 59.6 Å². The summed E-state index contributed by atoms with van der Waals surface area (Å²) in [6, 6.07) is 16.0. The van der Waals surface area contributed by atoms with Gasteiger partial charge in [0.05, 0.1) is 29.8 Å². The quantitative estimate of drug-likeness (QED) is 0.274. The number of carboxylic acid groups (broad SMARTS) is 1. The fourth-order valence-electron chi connectivity index (χ4n) is 4.09. The highest BCUT2D eigenvalue weighted by atomic mass is 19.1. The Balaban J connectivity index is 1.63. The Labute approximate surface area is 219 Å². The Kier molecular flexibility index (Phi) is 8.12. The number of amides is 1. The third-order valence-corrected chi connectivity index (χ3v) is 6.04. The molecule has 0 saturated carbocycles. The third kappa shape index (κ3) is 6.04. The lowest BCUT2D eigenvalue weighted by atomic mass is 10.0. The van der Waals surface area contributed by atoms with E-state index in [2.05, 4.69) is 20.6 Å². The Morgan fingerprint density at radius 3 is 2.55 bits per heavy atom. The third-order valence-electron chi connectivity index (χ3n) is 6.04. The van der Waals surface area contributed by atoms with Crippen LogP contribution in [0.3, 0.4) is 0 Å². The summed E-state index contributed by atoms with van der Waals surface area (Å²) in [5.74, 6) is -1.51. The van der Waals surface area contributed by atoms with Crippen LogP contribution >= 0.6 is 0 Å². The molecule has 1 unspecified atom stereocenters. The van der Waals surface area contributed by atoms with Gasteiger partial charge in [-0.1, -0.05) is 18.2 Å². The van der Waals surface area contributed by atoms with E-state index in [9.17, 15) is 19.1 Å². The first-order chi connectivity index (χ1) is 18.3. The number of aromatic nitrogens is 2. The molecular weight excluding hydrogens is 489 g/mol. The van der Waals surface area contributed by atoms with Gasteiger partial charge in [-0.15, -0.1) is 0 Å². The van der Waals surface area contributed by atoms with Crippen molar-refractivity contribution in [1.82, 2.24) is 14.9 Å². The summed E-state index contributed by atoms with van der Waals surface area (Å²) in [6.45, 7) is 0.745. The van der Waals surface area contributed by atoms with Crippen molar-refractivity contribution in [3.63, 3.8) is 0 Å². The number of fused-ring (bicyclic) bond motifs is 1. The van der Waals surface area contributed by atoms with Crippen LogP contribution in [0.2, 0.25) is 0 Å². The number of hydrogen-bond acceptors (Lipinski definition) is 7. The average Bonchev–Trinajstić information content (AvgIpc) is 2.90. The maximum Gasteiger partial charge on any atom is 0.337 e. The van der Waals surface area contributed by atoms with E-state index in [-0.39, 0.29) is 17.2 Å². The van der Waals surface area contributed by atoms with E-state index in [1.165, 1.54) is 31.6 Å². The molecule has 0 saturated heterocycles. The number of carbonyl (C=O) groups excluding carboxylic acids is 1. The second-order valence-electron chi connectivity index (χ2n) is 8.94. The highest BCUT2D eigenvalue weighted by Gasteiger charge is 2.18. The Morgan fingerprint density at radius 2 is 1.84 bits per heavy atom. The Morgan fingerprint density at radius 1 is 1.05 bits per heavy atom. The van der Waals surface area contributed by atoms with E-state index in [0.717, 1.165) is 18.2 Å². The molecule has 3 N–H and O–H groups in total. The SMILES string of the molecule is COc1ccc(C(=O)Nc2cccc(C(CCN(C)C)Nc3ncnc4c(C(=O)O)cccc34)c2)c(F)c1. The van der Waals surface area contributed by atoms with Crippen molar-refractivity contribution in [2.45, 2.75) is 12.5 Å². The zero-order chi connectivity index (χ0) is 27.2. The summed E-state index contributed by atoms with van der Waals surface area (Å²) < 4.78 is 19.4. The average molecular weight is 518 g/mol. The molecule has 1 atom stereocenters. The van der Waals surface area contributed by atoms with Crippen LogP contribution in [0, 0.1) is 5.82 Å². The number of benzene rings is 3. The topological polar surface area (TPSA) is 117 Å². The number of carbonyl (C=O) groups is 2. The molecule has 0 spiro atoms. The van der Waals surface area contributed by atoms with Crippen LogP contribution in [-0.2, 0) is 0 Å². The molecule has 38 heavy (non-hydrogen) atoms. The lowest BCUT2D eigenvalue weighted by Crippen LogP contribution is -2.21. The summed E-state index contributed by atoms with van der Waals surface area (Å²) in [5, 5.41) is 16.3. The molecule has 0 radical (unpaired) electrons. The minimum Gasteiger partial charge on any atom is -0.497 e. The number of nitrogens with zero attached hydrogens (tertiary/aromatic N) is 3. The summed E-state index contributed by atoms with van der Waals surface area (Å²) in [4.78, 5) is 35.1. The predicted octanol–water partition coefficient (Wildman–Crippen LogP) is 4.83. The minimum absolute atomic E-state index is 0.0910. The summed E-state index contributed by atoms with van der Waals surface area (Å²) in [6.07, 6.45) is 2.02. The first-order valence-electron chi connectivity index (χ1n) is 11.9. The molecule has 1 aromatic heterocycles. The van der Waals surface area contributed by atoms with Gasteiger partial charge in [-0.25, -0.2) is 19.2 Å². The number of methoxy groups -OCH3 is 1. The minimum atomic E-state index is -1.07. The van der Waals surface area contributed by atoms with E-state index < -0.39 is 17.7 Å². The van der Waals surface area contributed by atoms with Gasteiger partial charge in [0.25, 0.3) is 5.91 Å². The fourth-order valence-corrected chi connectivity index (χ4v) is 4.09. The van der Waals surface area contributed by atoms with Crippen molar-refractivity contribution in [3.05, 3.63) is 89.5 Å². The monoisotopic (exact) mass is 517 g/mol. The van der Waals surface area contributed by atoms with Gasteiger partial charge >= 0.3 is 5.97 Å². The number of carboxylic acids is 1. The summed E-state index contributed by atoms with van der Waals surface area (Å²) in [5.41, 5.74) is 1.70. The Hall–Kier alpha value is -4.57. The number of ether oxygens (including phenoxy) is 1. The molecule has 3 aromatic carbocycles. The molecule has 0 fully saturated rings. The van der Waals surface area contributed by atoms with Gasteiger partial charge in [0.2, 0.25) is 0 Å². The maximum absolute atomic E-state index is 14.4. The zero-order valence-electron chi connectivity index (χ0n) is 21.2. The standard InChI is InChI=1S/C28H28FN5O4/c1-34(2)13-12-24(33-26-21-8-5-9-22(28(36)37)25(21)30-16-31-26)17-6-4-7-18(14-17)32-27(35)20-11-10-19(38-3)15-23(20)29/h4-11,14-16,24H,12-13H2,1-3H3,(H,32,35)(H,36,37)(H,30,31,33). The van der Waals surface area contributed by atoms with Crippen molar-refractivity contribution in [2.75, 3.05) is 38.4 Å². The molecule has 1 amide bonds. The number of halogens is 1. The highest BCUT2D eigenvalue weighted by Crippen LogP contribution is 2.29. The van der Waals surface area contributed by atoms with Gasteiger partial charge in [0.1, 0.15) is 23.7 Å². The van der Waals surface area contributed by atoms with Crippen molar-refractivity contribution >= 4 is 34.3 Å². The van der Waals surface area contributed by atoms with Gasteiger partial charge < -0.3 is 25.4 Å². The van der Waals surface area contributed by atoms with Gasteiger partial charge in [-0.05, 0) is 69.0 Å². The number of nitrogens with one attached hydrogen (secondary N) is 2. The van der Waals surface area contributed by atoms with Crippen molar-refractivity contribution in [3.8, 4) is 5.75 Å². The molecular formula is C28H28FN5O4. The van der Waals surface area contributed by atoms with Crippen LogP contribution < -0.4 is 15.4 Å². The Bertz CT molecular complexity index is 1480. The van der Waals surface area contributed by atoms with E-state index in [1.807, 2.05) is 31.1 Å². The number of para-hydroxylation sites is 1. The molecule has 1 heterocycles. The van der Waals surface area contributed by atoms with E-state index in [1.54, 1.807) is 24.3 Å². The fraction of sp³-hybridized carbons (Fsp3) is 0.214. The lowest BCUT2D eigenvalue weighted by molar-refractivity contribution is 0.0698. The number of aromatic carboxylic acids is 1. The van der Waals surface area contributed by atoms with E-state index in [0.29, 0.717) is 34.6 Å². The number of rotatable bonds is 10. The second-order valence-corrected chi connectivity index (χ2v) is 8.94. The summed E-state index contributed by atoms with van der Waals surface area (Å²) in [7, 11) is 5.36. The van der Waals surface area contributed by atoms with Gasteiger partial charge in [0, 0.05) is 17.1 Å². The van der Waals surface area contributed by atoms with Crippen LogP contribution in [0.25, 0.3) is 10.9 Å². The highest BCUT2D eigenvalue weighted by molar-refractivity contribution is 6.05. The molecule has 0 aliphatic heterocycles. The molecule has 4 rings (SSSR count). The number of hydrogen-bond donors (Lipinski definition) is 3. The van der Waals surface area contributed by atoms with Crippen molar-refractivity contribution in [1.29, 1.82) is 0 Å². The maximum atomic E-state index is 14.4. The van der Waals surface area contributed by atoms with Crippen LogP contribution in [0.15, 0.2) is 67.0 Å². The zero-order valence-corrected chi connectivity index (χ0v) is 21.2. The van der Waals surface area contributed by atoms with Crippen LogP contribution in [0.1, 0.15) is 38.7 Å². The summed E-state index contributed by atoms with van der Waals surface area (Å²) >= 11 is 0. The van der Waals surface area contributed by atoms with E-state index >= 15 is 0 Å². The number of anilines is 2. The normalized spacial score (nSPS) is 11.8. The van der Waals surface area contributed by atoms with Crippen molar-refractivity contribution in [2.24, 2.45) is 0 Å². The molecule has 0 aliphatic carbocycles. The molecule has 196 valence electrons. The molecule has 0 aliphatic rings. The second kappa shape index (κ2) is 11.7. The molecule has 9 nitrogen and oxygen atoms in total. The van der Waals surface area contributed by atoms with Crippen LogP contribution in [0.4, 0.5) is 15.9 Å². The van der Waals surface area contributed by atoms with Crippen LogP contribution in [0.5, 0.6) is 5.75 Å². The van der Waals surface area contributed by atoms with Gasteiger partial charge in [-0.3, -0.25) is 4.79 Å². The predicted molar refractivity (Wildman–Crippen MR) is 143 cm³/mol. The molecule has 4 aromatic rings. The first kappa shape index (κ1) is 26.5. The first-order valence-corrected chi connectivity index (χ1v) is 11.9. The van der Waals surface area contributed by atoms with Crippen molar-refractivity contribution < 1.29 is 23.8 Å². The largest absolute Gasteiger partial charge is 0.497 e. The van der Waals surface area contributed by atoms with Gasteiger partial charge in [-0.2, -0.15) is 0 Å².